The first-order valence-electron chi connectivity index (χ1n) is 7.08. The van der Waals surface area contributed by atoms with Crippen molar-refractivity contribution in [2.75, 3.05) is 11.9 Å². The Morgan fingerprint density at radius 3 is 2.71 bits per heavy atom. The van der Waals surface area contributed by atoms with Crippen molar-refractivity contribution in [2.24, 2.45) is 0 Å². The molecule has 0 spiro atoms. The molecule has 0 saturated carbocycles. The van der Waals surface area contributed by atoms with Crippen molar-refractivity contribution in [1.82, 2.24) is 15.4 Å². The molecule has 0 saturated heterocycles. The molecule has 2 heterocycles. The molecule has 0 radical (unpaired) electrons. The lowest BCUT2D eigenvalue weighted by Gasteiger charge is -2.04. The fourth-order valence-corrected chi connectivity index (χ4v) is 2.73. The van der Waals surface area contributed by atoms with Crippen LogP contribution in [0.4, 0.5) is 11.0 Å². The van der Waals surface area contributed by atoms with Crippen LogP contribution in [-0.2, 0) is 4.74 Å². The molecule has 3 aromatic rings. The number of carbonyl (C=O) groups excluding carboxylic acids is 1. The average molecular weight is 365 g/mol. The first-order chi connectivity index (χ1) is 11.6. The number of rotatable bonds is 5. The van der Waals surface area contributed by atoms with Gasteiger partial charge >= 0.3 is 5.97 Å². The zero-order chi connectivity index (χ0) is 17.1. The highest BCUT2D eigenvalue weighted by molar-refractivity contribution is 7.15. The third-order valence-electron chi connectivity index (χ3n) is 3.04. The molecule has 1 N–H and O–H groups in total. The number of hydrogen-bond acceptors (Lipinski definition) is 8. The van der Waals surface area contributed by atoms with E-state index in [4.69, 9.17) is 20.9 Å². The number of aryl methyl sites for hydroxylation is 1. The Hall–Kier alpha value is -2.45. The van der Waals surface area contributed by atoms with Crippen LogP contribution in [0, 0.1) is 6.92 Å². The summed E-state index contributed by atoms with van der Waals surface area (Å²) < 4.78 is 10.4. The standard InChI is InChI=1S/C15H13ClN4O3S/c1-3-22-14(21)11-12(9-4-6-10(16)7-5-9)20-23-13(11)17-15-19-18-8(2)24-15/h4-7H,3H2,1-2H3,(H,17,19). The van der Waals surface area contributed by atoms with E-state index in [0.717, 1.165) is 5.01 Å². The third-order valence-corrected chi connectivity index (χ3v) is 4.04. The second-order valence-electron chi connectivity index (χ2n) is 4.71. The predicted molar refractivity (Wildman–Crippen MR) is 90.8 cm³/mol. The Balaban J connectivity index is 2.02. The first-order valence-corrected chi connectivity index (χ1v) is 8.27. The Morgan fingerprint density at radius 2 is 2.08 bits per heavy atom. The van der Waals surface area contributed by atoms with Gasteiger partial charge in [0.05, 0.1) is 6.61 Å². The summed E-state index contributed by atoms with van der Waals surface area (Å²) in [5, 5.41) is 16.7. The van der Waals surface area contributed by atoms with Gasteiger partial charge in [-0.15, -0.1) is 10.2 Å². The fourth-order valence-electron chi connectivity index (χ4n) is 2.02. The van der Waals surface area contributed by atoms with E-state index in [1.165, 1.54) is 11.3 Å². The van der Waals surface area contributed by atoms with Crippen LogP contribution in [0.5, 0.6) is 0 Å². The highest BCUT2D eigenvalue weighted by Crippen LogP contribution is 2.32. The van der Waals surface area contributed by atoms with Crippen LogP contribution < -0.4 is 5.32 Å². The topological polar surface area (TPSA) is 90.1 Å². The van der Waals surface area contributed by atoms with E-state index in [9.17, 15) is 4.79 Å². The molecule has 0 bridgehead atoms. The highest BCUT2D eigenvalue weighted by Gasteiger charge is 2.26. The number of benzene rings is 1. The quantitative estimate of drug-likeness (QED) is 0.682. The Morgan fingerprint density at radius 1 is 1.33 bits per heavy atom. The summed E-state index contributed by atoms with van der Waals surface area (Å²) in [5.41, 5.74) is 1.26. The molecule has 2 aromatic heterocycles. The molecule has 0 aliphatic carbocycles. The summed E-state index contributed by atoms with van der Waals surface area (Å²) in [6.07, 6.45) is 0. The van der Waals surface area contributed by atoms with Crippen molar-refractivity contribution in [3.8, 4) is 11.3 Å². The molecule has 0 unspecified atom stereocenters. The zero-order valence-corrected chi connectivity index (χ0v) is 14.4. The lowest BCUT2D eigenvalue weighted by molar-refractivity contribution is 0.0528. The zero-order valence-electron chi connectivity index (χ0n) is 12.9. The summed E-state index contributed by atoms with van der Waals surface area (Å²) in [6, 6.07) is 6.92. The Bertz CT molecular complexity index is 860. The summed E-state index contributed by atoms with van der Waals surface area (Å²) in [6.45, 7) is 3.80. The van der Waals surface area contributed by atoms with Gasteiger partial charge in [0.2, 0.25) is 11.0 Å². The maximum atomic E-state index is 12.4. The number of halogens is 1. The summed E-state index contributed by atoms with van der Waals surface area (Å²) in [4.78, 5) is 12.4. The van der Waals surface area contributed by atoms with Crippen molar-refractivity contribution in [2.45, 2.75) is 13.8 Å². The number of nitrogens with one attached hydrogen (secondary N) is 1. The lowest BCUT2D eigenvalue weighted by atomic mass is 10.1. The van der Waals surface area contributed by atoms with Crippen molar-refractivity contribution >= 4 is 39.9 Å². The molecule has 0 fully saturated rings. The number of ether oxygens (including phenoxy) is 1. The normalized spacial score (nSPS) is 10.6. The second-order valence-corrected chi connectivity index (χ2v) is 6.33. The highest BCUT2D eigenvalue weighted by atomic mass is 35.5. The summed E-state index contributed by atoms with van der Waals surface area (Å²) in [5.74, 6) is -0.373. The maximum Gasteiger partial charge on any atom is 0.346 e. The van der Waals surface area contributed by atoms with Crippen LogP contribution in [0.2, 0.25) is 5.02 Å². The molecule has 9 heteroatoms. The van der Waals surface area contributed by atoms with Gasteiger partial charge in [-0.05, 0) is 26.0 Å². The molecule has 24 heavy (non-hydrogen) atoms. The first kappa shape index (κ1) is 16.4. The van der Waals surface area contributed by atoms with Gasteiger partial charge in [0.25, 0.3) is 0 Å². The number of carbonyl (C=O) groups is 1. The lowest BCUT2D eigenvalue weighted by Crippen LogP contribution is -2.07. The average Bonchev–Trinajstić information content (AvgIpc) is 3.15. The van der Waals surface area contributed by atoms with Gasteiger partial charge in [-0.2, -0.15) is 0 Å². The number of aromatic nitrogens is 3. The van der Waals surface area contributed by atoms with E-state index in [2.05, 4.69) is 20.7 Å². The smallest absolute Gasteiger partial charge is 0.346 e. The van der Waals surface area contributed by atoms with Crippen LogP contribution in [0.3, 0.4) is 0 Å². The number of nitrogens with zero attached hydrogens (tertiary/aromatic N) is 3. The van der Waals surface area contributed by atoms with Crippen LogP contribution >= 0.6 is 22.9 Å². The Labute approximate surface area is 146 Å². The predicted octanol–water partition coefficient (Wildman–Crippen LogP) is 4.08. The Kier molecular flexibility index (Phi) is 4.77. The monoisotopic (exact) mass is 364 g/mol. The van der Waals surface area contributed by atoms with Crippen molar-refractivity contribution in [3.05, 3.63) is 39.9 Å². The van der Waals surface area contributed by atoms with Crippen LogP contribution in [0.15, 0.2) is 28.8 Å². The van der Waals surface area contributed by atoms with E-state index in [0.29, 0.717) is 21.4 Å². The SMILES string of the molecule is CCOC(=O)c1c(-c2ccc(Cl)cc2)noc1Nc1nnc(C)s1. The van der Waals surface area contributed by atoms with Gasteiger partial charge in [-0.1, -0.05) is 40.2 Å². The largest absolute Gasteiger partial charge is 0.462 e. The minimum atomic E-state index is -0.535. The van der Waals surface area contributed by atoms with Crippen molar-refractivity contribution in [3.63, 3.8) is 0 Å². The fraction of sp³-hybridized carbons (Fsp3) is 0.200. The molecule has 7 nitrogen and oxygen atoms in total. The number of esters is 1. The van der Waals surface area contributed by atoms with Gasteiger partial charge in [0.15, 0.2) is 5.56 Å². The molecule has 0 aliphatic rings. The molecule has 3 rings (SSSR count). The summed E-state index contributed by atoms with van der Waals surface area (Å²) >= 11 is 7.24. The van der Waals surface area contributed by atoms with E-state index in [-0.39, 0.29) is 18.1 Å². The maximum absolute atomic E-state index is 12.4. The van der Waals surface area contributed by atoms with E-state index >= 15 is 0 Å². The van der Waals surface area contributed by atoms with E-state index in [1.807, 2.05) is 6.92 Å². The van der Waals surface area contributed by atoms with Crippen LogP contribution in [-0.4, -0.2) is 27.9 Å². The molecular formula is C15H13ClN4O3S. The van der Waals surface area contributed by atoms with Crippen molar-refractivity contribution < 1.29 is 14.1 Å². The number of anilines is 2. The third kappa shape index (κ3) is 3.39. The van der Waals surface area contributed by atoms with Gasteiger partial charge in [0.1, 0.15) is 10.7 Å². The van der Waals surface area contributed by atoms with Crippen molar-refractivity contribution in [1.29, 1.82) is 0 Å². The molecule has 0 atom stereocenters. The van der Waals surface area contributed by atoms with Gasteiger partial charge < -0.3 is 9.26 Å². The van der Waals surface area contributed by atoms with Gasteiger partial charge in [-0.3, -0.25) is 5.32 Å². The van der Waals surface area contributed by atoms with Gasteiger partial charge in [0, 0.05) is 10.6 Å². The van der Waals surface area contributed by atoms with Gasteiger partial charge in [-0.25, -0.2) is 4.79 Å². The van der Waals surface area contributed by atoms with Crippen LogP contribution in [0.25, 0.3) is 11.3 Å². The molecule has 1 aromatic carbocycles. The minimum Gasteiger partial charge on any atom is -0.462 e. The van der Waals surface area contributed by atoms with E-state index in [1.54, 1.807) is 31.2 Å². The molecular weight excluding hydrogens is 352 g/mol. The molecule has 0 amide bonds. The molecule has 124 valence electrons. The minimum absolute atomic E-state index is 0.162. The second kappa shape index (κ2) is 6.98. The molecule has 0 aliphatic heterocycles. The van der Waals surface area contributed by atoms with E-state index < -0.39 is 5.97 Å². The number of hydrogen-bond donors (Lipinski definition) is 1. The summed E-state index contributed by atoms with van der Waals surface area (Å²) in [7, 11) is 0. The van der Waals surface area contributed by atoms with Crippen LogP contribution in [0.1, 0.15) is 22.3 Å².